The molecule has 0 atom stereocenters. The molecule has 0 unspecified atom stereocenters. The molecule has 5 nitrogen and oxygen atoms in total. The molecular weight excluding hydrogens is 372 g/mol. The number of rotatable bonds is 7. The molecule has 0 aliphatic rings. The zero-order valence-electron chi connectivity index (χ0n) is 16.0. The van der Waals surface area contributed by atoms with Crippen LogP contribution >= 0.6 is 11.3 Å². The summed E-state index contributed by atoms with van der Waals surface area (Å²) in [6, 6.07) is 7.50. The molecule has 3 rings (SSSR count). The third kappa shape index (κ3) is 3.73. The molecule has 3 aromatic rings. The zero-order chi connectivity index (χ0) is 20.1. The number of benzene rings is 1. The maximum absolute atomic E-state index is 10.2. The minimum Gasteiger partial charge on any atom is -0.502 e. The van der Waals surface area contributed by atoms with Crippen LogP contribution in [0.15, 0.2) is 60.5 Å². The molecular formula is C22H22N2O3S. The molecule has 0 aliphatic heterocycles. The molecule has 144 valence electrons. The molecule has 0 saturated heterocycles. The van der Waals surface area contributed by atoms with Gasteiger partial charge in [-0.1, -0.05) is 36.9 Å². The van der Waals surface area contributed by atoms with Gasteiger partial charge in [0.15, 0.2) is 11.5 Å². The summed E-state index contributed by atoms with van der Waals surface area (Å²) in [6.07, 6.45) is 7.63. The molecule has 0 radical (unpaired) electrons. The van der Waals surface area contributed by atoms with Crippen LogP contribution in [0.5, 0.6) is 17.2 Å². The summed E-state index contributed by atoms with van der Waals surface area (Å²) in [5, 5.41) is 12.2. The van der Waals surface area contributed by atoms with E-state index in [0.29, 0.717) is 17.3 Å². The maximum Gasteiger partial charge on any atom is 0.200 e. The van der Waals surface area contributed by atoms with Gasteiger partial charge in [0.1, 0.15) is 5.82 Å². The first-order chi connectivity index (χ1) is 13.6. The Bertz CT molecular complexity index is 1010. The quantitative estimate of drug-likeness (QED) is 0.506. The van der Waals surface area contributed by atoms with E-state index in [-0.39, 0.29) is 5.75 Å². The Hall–Kier alpha value is -3.25. The molecule has 0 bridgehead atoms. The van der Waals surface area contributed by atoms with Crippen LogP contribution in [-0.2, 0) is 0 Å². The third-order valence-corrected chi connectivity index (χ3v) is 5.03. The van der Waals surface area contributed by atoms with E-state index < -0.39 is 0 Å². The van der Waals surface area contributed by atoms with Gasteiger partial charge < -0.3 is 19.6 Å². The van der Waals surface area contributed by atoms with Crippen LogP contribution in [0.2, 0.25) is 0 Å². The Morgan fingerprint density at radius 3 is 2.50 bits per heavy atom. The normalized spacial score (nSPS) is 11.8. The SMILES string of the molecule is C=C/C=C(\C=C/C)c1nc(-c2cc(OC)c(O)c(OC)c2)[nH]c1-c1cccs1. The first-order valence-electron chi connectivity index (χ1n) is 8.68. The number of phenols is 1. The van der Waals surface area contributed by atoms with Gasteiger partial charge in [-0.15, -0.1) is 11.3 Å². The number of aromatic hydroxyl groups is 1. The second kappa shape index (κ2) is 8.63. The lowest BCUT2D eigenvalue weighted by molar-refractivity contribution is 0.340. The molecule has 2 N–H and O–H groups in total. The minimum absolute atomic E-state index is 0.0415. The summed E-state index contributed by atoms with van der Waals surface area (Å²) >= 11 is 1.63. The lowest BCUT2D eigenvalue weighted by Gasteiger charge is -2.10. The Labute approximate surface area is 168 Å². The predicted octanol–water partition coefficient (Wildman–Crippen LogP) is 5.67. The number of hydrogen-bond donors (Lipinski definition) is 2. The molecule has 0 aliphatic carbocycles. The van der Waals surface area contributed by atoms with Gasteiger partial charge in [-0.3, -0.25) is 0 Å². The molecule has 0 amide bonds. The molecule has 2 aromatic heterocycles. The number of nitrogens with zero attached hydrogens (tertiary/aromatic N) is 1. The van der Waals surface area contributed by atoms with Crippen molar-refractivity contribution in [1.29, 1.82) is 0 Å². The highest BCUT2D eigenvalue weighted by Crippen LogP contribution is 2.41. The predicted molar refractivity (Wildman–Crippen MR) is 115 cm³/mol. The smallest absolute Gasteiger partial charge is 0.200 e. The Balaban J connectivity index is 2.23. The summed E-state index contributed by atoms with van der Waals surface area (Å²) in [5.74, 6) is 1.25. The van der Waals surface area contributed by atoms with E-state index in [0.717, 1.165) is 27.4 Å². The number of methoxy groups -OCH3 is 2. The van der Waals surface area contributed by atoms with Gasteiger partial charge in [0, 0.05) is 11.1 Å². The lowest BCUT2D eigenvalue weighted by Crippen LogP contribution is -1.91. The van der Waals surface area contributed by atoms with Gasteiger partial charge in [0.05, 0.1) is 30.5 Å². The molecule has 0 fully saturated rings. The van der Waals surface area contributed by atoms with E-state index in [1.165, 1.54) is 14.2 Å². The average Bonchev–Trinajstić information content (AvgIpc) is 3.37. The van der Waals surface area contributed by atoms with E-state index in [9.17, 15) is 5.11 Å². The van der Waals surface area contributed by atoms with Crippen LogP contribution in [-0.4, -0.2) is 29.3 Å². The molecule has 0 spiro atoms. The van der Waals surface area contributed by atoms with Crippen LogP contribution in [0, 0.1) is 0 Å². The van der Waals surface area contributed by atoms with Crippen molar-refractivity contribution in [2.24, 2.45) is 0 Å². The van der Waals surface area contributed by atoms with Crippen molar-refractivity contribution in [3.05, 3.63) is 66.2 Å². The van der Waals surface area contributed by atoms with Gasteiger partial charge in [0.2, 0.25) is 5.75 Å². The van der Waals surface area contributed by atoms with E-state index in [2.05, 4.69) is 11.6 Å². The second-order valence-electron chi connectivity index (χ2n) is 5.87. The van der Waals surface area contributed by atoms with Gasteiger partial charge in [-0.05, 0) is 30.5 Å². The highest BCUT2D eigenvalue weighted by atomic mass is 32.1. The van der Waals surface area contributed by atoms with Gasteiger partial charge in [-0.25, -0.2) is 4.98 Å². The van der Waals surface area contributed by atoms with E-state index in [1.54, 1.807) is 29.5 Å². The van der Waals surface area contributed by atoms with Gasteiger partial charge >= 0.3 is 0 Å². The van der Waals surface area contributed by atoms with Crippen molar-refractivity contribution in [2.75, 3.05) is 14.2 Å². The molecule has 28 heavy (non-hydrogen) atoms. The lowest BCUT2D eigenvalue weighted by atomic mass is 10.1. The first kappa shape index (κ1) is 19.5. The third-order valence-electron chi connectivity index (χ3n) is 4.14. The summed E-state index contributed by atoms with van der Waals surface area (Å²) in [5.41, 5.74) is 3.43. The topological polar surface area (TPSA) is 67.4 Å². The molecule has 2 heterocycles. The molecule has 1 aromatic carbocycles. The fraction of sp³-hybridized carbons (Fsp3) is 0.136. The van der Waals surface area contributed by atoms with Crippen molar-refractivity contribution in [3.8, 4) is 39.2 Å². The molecule has 6 heteroatoms. The fourth-order valence-corrected chi connectivity index (χ4v) is 3.59. The van der Waals surface area contributed by atoms with Crippen LogP contribution in [0.1, 0.15) is 12.6 Å². The van der Waals surface area contributed by atoms with Crippen LogP contribution in [0.25, 0.3) is 27.5 Å². The standard InChI is InChI=1S/C22H22N2O3S/c1-5-8-14(9-6-2)19-20(18-10-7-11-28-18)24-22(23-19)15-12-16(26-3)21(25)17(13-15)27-4/h5-13,25H,1H2,2-4H3,(H,23,24)/b9-6-,14-8+. The van der Waals surface area contributed by atoms with E-state index >= 15 is 0 Å². The Kier molecular flexibility index (Phi) is 6.01. The number of aromatic amines is 1. The minimum atomic E-state index is -0.0415. The number of imidazole rings is 1. The fourth-order valence-electron chi connectivity index (χ4n) is 2.87. The van der Waals surface area contributed by atoms with Crippen molar-refractivity contribution in [3.63, 3.8) is 0 Å². The number of aromatic nitrogens is 2. The Morgan fingerprint density at radius 2 is 1.96 bits per heavy atom. The van der Waals surface area contributed by atoms with E-state index in [4.69, 9.17) is 14.5 Å². The monoisotopic (exact) mass is 394 g/mol. The highest BCUT2D eigenvalue weighted by Gasteiger charge is 2.19. The van der Waals surface area contributed by atoms with Crippen molar-refractivity contribution < 1.29 is 14.6 Å². The number of ether oxygens (including phenoxy) is 2. The van der Waals surface area contributed by atoms with Crippen molar-refractivity contribution >= 4 is 16.9 Å². The van der Waals surface area contributed by atoms with E-state index in [1.807, 2.05) is 42.7 Å². The maximum atomic E-state index is 10.2. The summed E-state index contributed by atoms with van der Waals surface area (Å²) < 4.78 is 10.6. The largest absolute Gasteiger partial charge is 0.502 e. The summed E-state index contributed by atoms with van der Waals surface area (Å²) in [4.78, 5) is 9.34. The van der Waals surface area contributed by atoms with Crippen LogP contribution in [0.4, 0.5) is 0 Å². The zero-order valence-corrected chi connectivity index (χ0v) is 16.8. The van der Waals surface area contributed by atoms with Gasteiger partial charge in [0.25, 0.3) is 0 Å². The van der Waals surface area contributed by atoms with Crippen LogP contribution in [0.3, 0.4) is 0 Å². The summed E-state index contributed by atoms with van der Waals surface area (Å²) in [6.45, 7) is 5.78. The number of hydrogen-bond acceptors (Lipinski definition) is 5. The second-order valence-corrected chi connectivity index (χ2v) is 6.82. The summed E-state index contributed by atoms with van der Waals surface area (Å²) in [7, 11) is 3.00. The first-order valence-corrected chi connectivity index (χ1v) is 9.55. The molecule has 0 saturated carbocycles. The average molecular weight is 394 g/mol. The number of thiophene rings is 1. The van der Waals surface area contributed by atoms with Crippen molar-refractivity contribution in [2.45, 2.75) is 6.92 Å². The number of H-pyrrole nitrogens is 1. The number of allylic oxidation sites excluding steroid dienone is 5. The van der Waals surface area contributed by atoms with Crippen LogP contribution < -0.4 is 9.47 Å². The Morgan fingerprint density at radius 1 is 1.25 bits per heavy atom. The highest BCUT2D eigenvalue weighted by molar-refractivity contribution is 7.13. The van der Waals surface area contributed by atoms with Gasteiger partial charge in [-0.2, -0.15) is 0 Å². The number of nitrogens with one attached hydrogen (secondary N) is 1. The van der Waals surface area contributed by atoms with Crippen molar-refractivity contribution in [1.82, 2.24) is 9.97 Å². The number of phenolic OH excluding ortho intramolecular Hbond substituents is 1.